The molecule has 3 aromatic rings. The average molecular weight is 337 g/mol. The summed E-state index contributed by atoms with van der Waals surface area (Å²) < 4.78 is 1.46. The Hall–Kier alpha value is -1.47. The van der Waals surface area contributed by atoms with E-state index in [9.17, 15) is 0 Å². The van der Waals surface area contributed by atoms with Crippen LogP contribution in [0.2, 0.25) is 0 Å². The first kappa shape index (κ1) is 15.1. The lowest BCUT2D eigenvalue weighted by Gasteiger charge is -2.23. The summed E-state index contributed by atoms with van der Waals surface area (Å²) in [5.41, 5.74) is 2.73. The van der Waals surface area contributed by atoms with Gasteiger partial charge in [-0.15, -0.1) is 11.3 Å². The summed E-state index contributed by atoms with van der Waals surface area (Å²) in [6.07, 6.45) is 3.90. The van der Waals surface area contributed by atoms with E-state index in [4.69, 9.17) is 0 Å². The Bertz CT molecular complexity index is 761. The van der Waals surface area contributed by atoms with Gasteiger partial charge in [0.1, 0.15) is 0 Å². The normalized spacial score (nSPS) is 18.3. The molecule has 23 heavy (non-hydrogen) atoms. The molecule has 0 saturated carbocycles. The number of hydrogen-bond donors (Lipinski definition) is 1. The Balaban J connectivity index is 1.80. The van der Waals surface area contributed by atoms with E-state index in [2.05, 4.69) is 66.0 Å². The highest BCUT2D eigenvalue weighted by Crippen LogP contribution is 2.49. The van der Waals surface area contributed by atoms with Crippen LogP contribution in [0.25, 0.3) is 21.0 Å². The maximum Gasteiger partial charge on any atom is 0.0623 e. The second-order valence-corrected chi connectivity index (χ2v) is 8.44. The first-order valence-electron chi connectivity index (χ1n) is 8.27. The van der Waals surface area contributed by atoms with Crippen LogP contribution in [0.15, 0.2) is 60.7 Å². The smallest absolute Gasteiger partial charge is 0.0623 e. The molecule has 0 radical (unpaired) electrons. The molecular weight excluding hydrogens is 317 g/mol. The highest BCUT2D eigenvalue weighted by molar-refractivity contribution is 7.49. The van der Waals surface area contributed by atoms with Gasteiger partial charge in [0, 0.05) is 16.2 Å². The van der Waals surface area contributed by atoms with Gasteiger partial charge in [0.05, 0.1) is 4.61 Å². The minimum absolute atomic E-state index is 0.526. The average Bonchev–Trinajstić information content (AvgIpc) is 3.09. The molecule has 1 saturated heterocycles. The van der Waals surface area contributed by atoms with E-state index in [1.807, 2.05) is 11.3 Å². The standard InChI is InChI=1S/C20H20NPS/c1-3-9-15(10-4-1)18-19(17-13-7-8-14-21-17)23-20(22-18)16-11-5-2-6-12-16/h1-6,9-12,17,21H,7-8,13-14H2. The zero-order chi connectivity index (χ0) is 15.5. The van der Waals surface area contributed by atoms with Gasteiger partial charge in [-0.1, -0.05) is 67.1 Å². The van der Waals surface area contributed by atoms with Crippen molar-refractivity contribution in [2.24, 2.45) is 0 Å². The maximum absolute atomic E-state index is 3.74. The fraction of sp³-hybridized carbons (Fsp3) is 0.250. The summed E-state index contributed by atoms with van der Waals surface area (Å²) in [4.78, 5) is 1.54. The number of benzene rings is 2. The SMILES string of the molecule is c1ccc(-c2pc(-c3ccccc3)c(C3CCCCN3)s2)cc1. The molecule has 1 unspecified atom stereocenters. The monoisotopic (exact) mass is 337 g/mol. The van der Waals surface area contributed by atoms with Crippen LogP contribution in [0.1, 0.15) is 30.2 Å². The minimum Gasteiger partial charge on any atom is -0.309 e. The molecule has 3 heteroatoms. The van der Waals surface area contributed by atoms with Gasteiger partial charge in [-0.2, -0.15) is 0 Å². The summed E-state index contributed by atoms with van der Waals surface area (Å²) in [5, 5.41) is 5.23. The van der Waals surface area contributed by atoms with Crippen LogP contribution in [0.3, 0.4) is 0 Å². The maximum atomic E-state index is 3.74. The number of nitrogens with one attached hydrogen (secondary N) is 1. The largest absolute Gasteiger partial charge is 0.309 e. The molecule has 1 aliphatic heterocycles. The van der Waals surface area contributed by atoms with Crippen LogP contribution >= 0.6 is 19.5 Å². The van der Waals surface area contributed by atoms with Gasteiger partial charge in [0.2, 0.25) is 0 Å². The van der Waals surface area contributed by atoms with Crippen molar-refractivity contribution in [3.63, 3.8) is 0 Å². The molecule has 1 aliphatic rings. The van der Waals surface area contributed by atoms with E-state index in [0.717, 1.165) is 6.54 Å². The lowest BCUT2D eigenvalue weighted by Crippen LogP contribution is -2.26. The zero-order valence-electron chi connectivity index (χ0n) is 13.0. The molecule has 1 nitrogen and oxygen atoms in total. The molecule has 0 spiro atoms. The lowest BCUT2D eigenvalue weighted by atomic mass is 10.0. The topological polar surface area (TPSA) is 12.0 Å². The summed E-state index contributed by atoms with van der Waals surface area (Å²) in [5.74, 6) is 0. The fourth-order valence-electron chi connectivity index (χ4n) is 3.15. The van der Waals surface area contributed by atoms with Crippen molar-refractivity contribution in [3.05, 3.63) is 65.5 Å². The van der Waals surface area contributed by atoms with E-state index >= 15 is 0 Å². The molecule has 4 rings (SSSR count). The first-order valence-corrected chi connectivity index (χ1v) is 9.98. The van der Waals surface area contributed by atoms with Crippen molar-refractivity contribution in [2.75, 3.05) is 6.54 Å². The van der Waals surface area contributed by atoms with Crippen LogP contribution in [-0.2, 0) is 0 Å². The Morgan fingerprint density at radius 3 is 2.22 bits per heavy atom. The van der Waals surface area contributed by atoms with Gasteiger partial charge in [0.15, 0.2) is 0 Å². The van der Waals surface area contributed by atoms with Gasteiger partial charge >= 0.3 is 0 Å². The molecular formula is C20H20NPS. The third kappa shape index (κ3) is 3.26. The van der Waals surface area contributed by atoms with E-state index in [0.29, 0.717) is 6.04 Å². The van der Waals surface area contributed by atoms with Crippen molar-refractivity contribution in [2.45, 2.75) is 25.3 Å². The Morgan fingerprint density at radius 1 is 0.870 bits per heavy atom. The molecule has 1 aromatic heterocycles. The molecule has 0 aliphatic carbocycles. The summed E-state index contributed by atoms with van der Waals surface area (Å²) >= 11 is 1.99. The third-order valence-corrected chi connectivity index (χ3v) is 7.37. The van der Waals surface area contributed by atoms with E-state index in [1.54, 1.807) is 0 Å². The minimum atomic E-state index is 0.526. The van der Waals surface area contributed by atoms with Crippen LogP contribution in [0.4, 0.5) is 0 Å². The van der Waals surface area contributed by atoms with Crippen LogP contribution < -0.4 is 5.32 Å². The van der Waals surface area contributed by atoms with E-state index in [1.165, 1.54) is 53.4 Å². The number of rotatable bonds is 3. The van der Waals surface area contributed by atoms with E-state index < -0.39 is 0 Å². The van der Waals surface area contributed by atoms with Crippen LogP contribution in [0.5, 0.6) is 0 Å². The van der Waals surface area contributed by atoms with Gasteiger partial charge < -0.3 is 5.32 Å². The molecule has 116 valence electrons. The lowest BCUT2D eigenvalue weighted by molar-refractivity contribution is 0.418. The number of hydrogen-bond acceptors (Lipinski definition) is 2. The molecule has 2 aromatic carbocycles. The summed E-state index contributed by atoms with van der Waals surface area (Å²) in [6, 6.07) is 22.2. The molecule has 0 bridgehead atoms. The molecule has 1 fully saturated rings. The van der Waals surface area contributed by atoms with Gasteiger partial charge in [-0.3, -0.25) is 0 Å². The van der Waals surface area contributed by atoms with Crippen molar-refractivity contribution in [1.82, 2.24) is 5.32 Å². The Kier molecular flexibility index (Phi) is 4.57. The van der Waals surface area contributed by atoms with Gasteiger partial charge in [0.25, 0.3) is 0 Å². The van der Waals surface area contributed by atoms with Crippen molar-refractivity contribution < 1.29 is 0 Å². The predicted octanol–water partition coefficient (Wildman–Crippen LogP) is 6.48. The van der Waals surface area contributed by atoms with Crippen molar-refractivity contribution >= 4 is 19.5 Å². The second kappa shape index (κ2) is 6.97. The number of piperidine rings is 1. The fourth-order valence-corrected chi connectivity index (χ4v) is 6.22. The predicted molar refractivity (Wildman–Crippen MR) is 102 cm³/mol. The van der Waals surface area contributed by atoms with Crippen molar-refractivity contribution in [1.29, 1.82) is 0 Å². The van der Waals surface area contributed by atoms with E-state index in [-0.39, 0.29) is 0 Å². The molecule has 0 amide bonds. The molecule has 2 heterocycles. The highest BCUT2D eigenvalue weighted by atomic mass is 32.1. The van der Waals surface area contributed by atoms with Gasteiger partial charge in [-0.25, -0.2) is 0 Å². The van der Waals surface area contributed by atoms with Crippen LogP contribution in [-0.4, -0.2) is 6.54 Å². The van der Waals surface area contributed by atoms with Crippen molar-refractivity contribution in [3.8, 4) is 21.0 Å². The Labute approximate surface area is 143 Å². The molecule has 1 N–H and O–H groups in total. The summed E-state index contributed by atoms with van der Waals surface area (Å²) in [6.45, 7) is 1.15. The summed E-state index contributed by atoms with van der Waals surface area (Å²) in [7, 11) is 1.35. The van der Waals surface area contributed by atoms with Crippen LogP contribution in [0, 0.1) is 0 Å². The van der Waals surface area contributed by atoms with Gasteiger partial charge in [-0.05, 0) is 38.7 Å². The Morgan fingerprint density at radius 2 is 1.57 bits per heavy atom. The third-order valence-electron chi connectivity index (χ3n) is 4.35. The second-order valence-electron chi connectivity index (χ2n) is 5.97. The quantitative estimate of drug-likeness (QED) is 0.577. The first-order chi connectivity index (χ1) is 11.4. The highest BCUT2D eigenvalue weighted by Gasteiger charge is 2.22. The molecule has 1 atom stereocenters. The zero-order valence-corrected chi connectivity index (χ0v) is 14.7.